The van der Waals surface area contributed by atoms with Crippen molar-refractivity contribution < 1.29 is 4.79 Å². The summed E-state index contributed by atoms with van der Waals surface area (Å²) in [5.74, 6) is -0.0765. The van der Waals surface area contributed by atoms with Crippen molar-refractivity contribution in [3.05, 3.63) is 24.0 Å². The van der Waals surface area contributed by atoms with Crippen LogP contribution in [0.15, 0.2) is 18.3 Å². The number of hydrogen-bond donors (Lipinski definition) is 2. The first-order valence-electron chi connectivity index (χ1n) is 7.38. The molecule has 5 nitrogen and oxygen atoms in total. The molecular weight excluding hydrogens is 252 g/mol. The minimum atomic E-state index is -0.0765. The number of nitrogens with one attached hydrogen (secondary N) is 2. The van der Waals surface area contributed by atoms with Crippen LogP contribution in [-0.2, 0) is 0 Å². The summed E-state index contributed by atoms with van der Waals surface area (Å²) in [5.41, 5.74) is 1.45. The number of pyridine rings is 1. The maximum atomic E-state index is 12.1. The molecule has 1 aromatic heterocycles. The first-order chi connectivity index (χ1) is 9.69. The highest BCUT2D eigenvalue weighted by Gasteiger charge is 2.19. The van der Waals surface area contributed by atoms with Crippen LogP contribution >= 0.6 is 0 Å². The van der Waals surface area contributed by atoms with Gasteiger partial charge in [-0.05, 0) is 45.0 Å². The van der Waals surface area contributed by atoms with Gasteiger partial charge < -0.3 is 15.5 Å². The van der Waals surface area contributed by atoms with Gasteiger partial charge in [-0.3, -0.25) is 4.79 Å². The molecule has 2 N–H and O–H groups in total. The highest BCUT2D eigenvalue weighted by atomic mass is 16.1. The zero-order chi connectivity index (χ0) is 14.4. The van der Waals surface area contributed by atoms with Crippen LogP contribution in [0.25, 0.3) is 0 Å². The molecule has 2 heterocycles. The minimum Gasteiger partial charge on any atom is -0.384 e. The van der Waals surface area contributed by atoms with Gasteiger partial charge in [0.25, 0.3) is 5.91 Å². The lowest BCUT2D eigenvalue weighted by Crippen LogP contribution is -2.46. The number of piperidine rings is 1. The molecule has 1 atom stereocenters. The number of carbonyl (C=O) groups excluding carboxylic acids is 1. The van der Waals surface area contributed by atoms with E-state index in [1.807, 2.05) is 6.07 Å². The maximum absolute atomic E-state index is 12.1. The third-order valence-electron chi connectivity index (χ3n) is 3.53. The van der Waals surface area contributed by atoms with Gasteiger partial charge in [-0.25, -0.2) is 4.98 Å². The third kappa shape index (κ3) is 4.20. The second kappa shape index (κ2) is 7.24. The van der Waals surface area contributed by atoms with E-state index in [-0.39, 0.29) is 11.9 Å². The second-order valence-corrected chi connectivity index (χ2v) is 5.43. The summed E-state index contributed by atoms with van der Waals surface area (Å²) in [6.07, 6.45) is 4.97. The molecule has 1 aliphatic heterocycles. The van der Waals surface area contributed by atoms with Crippen LogP contribution in [-0.4, -0.2) is 48.5 Å². The van der Waals surface area contributed by atoms with Crippen LogP contribution in [0.3, 0.4) is 0 Å². The summed E-state index contributed by atoms with van der Waals surface area (Å²) in [7, 11) is 2.09. The lowest BCUT2D eigenvalue weighted by atomic mass is 10.1. The van der Waals surface area contributed by atoms with E-state index in [4.69, 9.17) is 0 Å². The van der Waals surface area contributed by atoms with Crippen molar-refractivity contribution in [1.29, 1.82) is 0 Å². The fraction of sp³-hybridized carbons (Fsp3) is 0.600. The largest absolute Gasteiger partial charge is 0.384 e. The van der Waals surface area contributed by atoms with Crippen molar-refractivity contribution in [2.75, 3.05) is 32.0 Å². The number of likely N-dealkylation sites (tertiary alicyclic amines) is 1. The first kappa shape index (κ1) is 14.8. The van der Waals surface area contributed by atoms with Crippen LogP contribution in [0.5, 0.6) is 0 Å². The van der Waals surface area contributed by atoms with Gasteiger partial charge in [-0.1, -0.05) is 6.92 Å². The number of carbonyl (C=O) groups is 1. The van der Waals surface area contributed by atoms with Gasteiger partial charge in [0.15, 0.2) is 0 Å². The summed E-state index contributed by atoms with van der Waals surface area (Å²) in [5, 5.41) is 6.31. The predicted molar refractivity (Wildman–Crippen MR) is 81.0 cm³/mol. The topological polar surface area (TPSA) is 57.3 Å². The molecule has 0 saturated carbocycles. The van der Waals surface area contributed by atoms with E-state index in [2.05, 4.69) is 34.5 Å². The van der Waals surface area contributed by atoms with Crippen LogP contribution in [0.2, 0.25) is 0 Å². The lowest BCUT2D eigenvalue weighted by Gasteiger charge is -2.30. The fourth-order valence-corrected chi connectivity index (χ4v) is 2.45. The van der Waals surface area contributed by atoms with Crippen molar-refractivity contribution in [2.45, 2.75) is 32.2 Å². The van der Waals surface area contributed by atoms with Crippen molar-refractivity contribution in [2.24, 2.45) is 0 Å². The van der Waals surface area contributed by atoms with Gasteiger partial charge in [0.1, 0.15) is 5.69 Å². The molecule has 1 aliphatic rings. The Hall–Kier alpha value is -1.62. The Labute approximate surface area is 120 Å². The monoisotopic (exact) mass is 276 g/mol. The van der Waals surface area contributed by atoms with Crippen molar-refractivity contribution in [1.82, 2.24) is 15.2 Å². The minimum absolute atomic E-state index is 0.0765. The summed E-state index contributed by atoms with van der Waals surface area (Å²) in [6, 6.07) is 3.92. The molecule has 0 bridgehead atoms. The highest BCUT2D eigenvalue weighted by molar-refractivity contribution is 5.92. The SMILES string of the molecule is CCCNc1ccc(C(=O)NC2CCCN(C)C2)nc1. The molecule has 0 radical (unpaired) electrons. The van der Waals surface area contributed by atoms with E-state index in [0.29, 0.717) is 5.69 Å². The van der Waals surface area contributed by atoms with E-state index >= 15 is 0 Å². The van der Waals surface area contributed by atoms with Crippen LogP contribution in [0.1, 0.15) is 36.7 Å². The molecule has 20 heavy (non-hydrogen) atoms. The van der Waals surface area contributed by atoms with E-state index in [1.54, 1.807) is 12.3 Å². The smallest absolute Gasteiger partial charge is 0.270 e. The summed E-state index contributed by atoms with van der Waals surface area (Å²) < 4.78 is 0. The average molecular weight is 276 g/mol. The van der Waals surface area contributed by atoms with Gasteiger partial charge in [-0.15, -0.1) is 0 Å². The Morgan fingerprint density at radius 1 is 1.50 bits per heavy atom. The Bertz CT molecular complexity index is 432. The van der Waals surface area contributed by atoms with Crippen LogP contribution in [0.4, 0.5) is 5.69 Å². The maximum Gasteiger partial charge on any atom is 0.270 e. The van der Waals surface area contributed by atoms with Crippen molar-refractivity contribution in [3.8, 4) is 0 Å². The lowest BCUT2D eigenvalue weighted by molar-refractivity contribution is 0.0907. The van der Waals surface area contributed by atoms with Crippen LogP contribution in [0, 0.1) is 0 Å². The molecule has 0 aromatic carbocycles. The van der Waals surface area contributed by atoms with Crippen LogP contribution < -0.4 is 10.6 Å². The summed E-state index contributed by atoms with van der Waals surface area (Å²) in [4.78, 5) is 18.6. The molecule has 1 aromatic rings. The third-order valence-corrected chi connectivity index (χ3v) is 3.53. The molecule has 1 saturated heterocycles. The van der Waals surface area contributed by atoms with E-state index in [0.717, 1.165) is 44.6 Å². The molecule has 0 aliphatic carbocycles. The fourth-order valence-electron chi connectivity index (χ4n) is 2.45. The molecular formula is C15H24N4O. The van der Waals surface area contributed by atoms with E-state index in [9.17, 15) is 4.79 Å². The van der Waals surface area contributed by atoms with Gasteiger partial charge in [0.05, 0.1) is 11.9 Å². The van der Waals surface area contributed by atoms with Crippen molar-refractivity contribution in [3.63, 3.8) is 0 Å². The number of aromatic nitrogens is 1. The zero-order valence-corrected chi connectivity index (χ0v) is 12.4. The number of hydrogen-bond acceptors (Lipinski definition) is 4. The molecule has 2 rings (SSSR count). The average Bonchev–Trinajstić information content (AvgIpc) is 2.45. The number of amides is 1. The second-order valence-electron chi connectivity index (χ2n) is 5.43. The van der Waals surface area contributed by atoms with Crippen molar-refractivity contribution >= 4 is 11.6 Å². The highest BCUT2D eigenvalue weighted by Crippen LogP contribution is 2.10. The molecule has 1 fully saturated rings. The molecule has 1 amide bonds. The molecule has 110 valence electrons. The number of rotatable bonds is 5. The number of anilines is 1. The molecule has 5 heteroatoms. The quantitative estimate of drug-likeness (QED) is 0.860. The normalized spacial score (nSPS) is 19.6. The first-order valence-corrected chi connectivity index (χ1v) is 7.38. The molecule has 0 spiro atoms. The van der Waals surface area contributed by atoms with Gasteiger partial charge in [0.2, 0.25) is 0 Å². The van der Waals surface area contributed by atoms with E-state index in [1.165, 1.54) is 0 Å². The zero-order valence-electron chi connectivity index (χ0n) is 12.4. The standard InChI is InChI=1S/C15H24N4O/c1-3-8-16-12-6-7-14(17-10-12)15(20)18-13-5-4-9-19(2)11-13/h6-7,10,13,16H,3-5,8-9,11H2,1-2H3,(H,18,20). The molecule has 1 unspecified atom stereocenters. The Morgan fingerprint density at radius 3 is 3.00 bits per heavy atom. The van der Waals surface area contributed by atoms with E-state index < -0.39 is 0 Å². The Balaban J connectivity index is 1.88. The predicted octanol–water partition coefficient (Wildman–Crippen LogP) is 1.73. The number of likely N-dealkylation sites (N-methyl/N-ethyl adjacent to an activating group) is 1. The summed E-state index contributed by atoms with van der Waals surface area (Å²) >= 11 is 0. The number of nitrogens with zero attached hydrogens (tertiary/aromatic N) is 2. The van der Waals surface area contributed by atoms with Gasteiger partial charge in [-0.2, -0.15) is 0 Å². The van der Waals surface area contributed by atoms with Gasteiger partial charge in [0, 0.05) is 19.1 Å². The van der Waals surface area contributed by atoms with Gasteiger partial charge >= 0.3 is 0 Å². The Morgan fingerprint density at radius 2 is 2.35 bits per heavy atom. The Kier molecular flexibility index (Phi) is 5.35. The summed E-state index contributed by atoms with van der Waals surface area (Å²) in [6.45, 7) is 5.06.